The normalized spacial score (nSPS) is 11.8. The van der Waals surface area contributed by atoms with Gasteiger partial charge < -0.3 is 15.1 Å². The standard InChI is InChI=1S/C18H25ClN4O.HI/c1-5-20-17(22-10-13-7-6-8-14(19)9-13)23-12-16-21-11-15(24-16)18(2,3)4;/h6-9,11H,5,10,12H2,1-4H3,(H2,20,22,23);1H. The second-order valence-corrected chi connectivity index (χ2v) is 6.98. The van der Waals surface area contributed by atoms with E-state index < -0.39 is 0 Å². The fourth-order valence-electron chi connectivity index (χ4n) is 2.05. The van der Waals surface area contributed by atoms with Gasteiger partial charge in [-0.05, 0) is 24.6 Å². The van der Waals surface area contributed by atoms with Crippen molar-refractivity contribution in [3.8, 4) is 0 Å². The molecule has 0 aliphatic carbocycles. The Morgan fingerprint density at radius 1 is 1.28 bits per heavy atom. The fraction of sp³-hybridized carbons (Fsp3) is 0.444. The Morgan fingerprint density at radius 2 is 2.04 bits per heavy atom. The van der Waals surface area contributed by atoms with Gasteiger partial charge in [-0.2, -0.15) is 0 Å². The zero-order valence-electron chi connectivity index (χ0n) is 15.1. The van der Waals surface area contributed by atoms with E-state index in [-0.39, 0.29) is 29.4 Å². The lowest BCUT2D eigenvalue weighted by Gasteiger charge is -2.13. The molecule has 0 saturated carbocycles. The van der Waals surface area contributed by atoms with Gasteiger partial charge in [0.2, 0.25) is 5.89 Å². The molecule has 5 nitrogen and oxygen atoms in total. The van der Waals surface area contributed by atoms with E-state index in [0.29, 0.717) is 24.9 Å². The van der Waals surface area contributed by atoms with Gasteiger partial charge in [-0.3, -0.25) is 0 Å². The number of rotatable bonds is 5. The zero-order valence-corrected chi connectivity index (χ0v) is 18.2. The van der Waals surface area contributed by atoms with E-state index in [2.05, 4.69) is 41.4 Å². The first-order valence-corrected chi connectivity index (χ1v) is 8.48. The summed E-state index contributed by atoms with van der Waals surface area (Å²) < 4.78 is 5.78. The zero-order chi connectivity index (χ0) is 17.6. The van der Waals surface area contributed by atoms with Crippen molar-refractivity contribution >= 4 is 41.5 Å². The molecule has 0 radical (unpaired) electrons. The monoisotopic (exact) mass is 476 g/mol. The van der Waals surface area contributed by atoms with Crippen molar-refractivity contribution < 1.29 is 4.42 Å². The summed E-state index contributed by atoms with van der Waals surface area (Å²) in [6.45, 7) is 10.1. The smallest absolute Gasteiger partial charge is 0.213 e. The highest BCUT2D eigenvalue weighted by atomic mass is 127. The summed E-state index contributed by atoms with van der Waals surface area (Å²) in [6, 6.07) is 7.70. The number of hydrogen-bond acceptors (Lipinski definition) is 3. The minimum atomic E-state index is -0.0452. The number of hydrogen-bond donors (Lipinski definition) is 2. The van der Waals surface area contributed by atoms with Crippen molar-refractivity contribution in [1.29, 1.82) is 0 Å². The summed E-state index contributed by atoms with van der Waals surface area (Å²) >= 11 is 6.00. The first-order chi connectivity index (χ1) is 11.4. The highest BCUT2D eigenvalue weighted by Gasteiger charge is 2.19. The van der Waals surface area contributed by atoms with Crippen LogP contribution in [-0.4, -0.2) is 17.5 Å². The van der Waals surface area contributed by atoms with Crippen LogP contribution in [0.4, 0.5) is 0 Å². The molecule has 0 saturated heterocycles. The lowest BCUT2D eigenvalue weighted by Crippen LogP contribution is -2.36. The molecule has 0 atom stereocenters. The molecule has 138 valence electrons. The summed E-state index contributed by atoms with van der Waals surface area (Å²) in [4.78, 5) is 8.88. The van der Waals surface area contributed by atoms with Crippen LogP contribution in [0, 0.1) is 0 Å². The summed E-state index contributed by atoms with van der Waals surface area (Å²) in [7, 11) is 0. The van der Waals surface area contributed by atoms with Crippen LogP contribution in [-0.2, 0) is 18.5 Å². The van der Waals surface area contributed by atoms with Crippen LogP contribution in [0.3, 0.4) is 0 Å². The van der Waals surface area contributed by atoms with Crippen molar-refractivity contribution in [3.05, 3.63) is 52.7 Å². The first kappa shape index (κ1) is 21.8. The Balaban J connectivity index is 0.00000312. The summed E-state index contributed by atoms with van der Waals surface area (Å²) in [5.74, 6) is 2.24. The van der Waals surface area contributed by atoms with E-state index in [1.807, 2.05) is 31.2 Å². The van der Waals surface area contributed by atoms with Crippen molar-refractivity contribution in [1.82, 2.24) is 15.6 Å². The van der Waals surface area contributed by atoms with Gasteiger partial charge in [0.15, 0.2) is 5.96 Å². The average molecular weight is 477 g/mol. The van der Waals surface area contributed by atoms with Crippen LogP contribution in [0.1, 0.15) is 44.9 Å². The van der Waals surface area contributed by atoms with Crippen molar-refractivity contribution in [2.75, 3.05) is 6.54 Å². The summed E-state index contributed by atoms with van der Waals surface area (Å²) in [5, 5.41) is 7.17. The molecular formula is C18H26ClIN4O. The van der Waals surface area contributed by atoms with Crippen molar-refractivity contribution in [3.63, 3.8) is 0 Å². The molecule has 2 rings (SSSR count). The Bertz CT molecular complexity index is 694. The number of aromatic nitrogens is 1. The van der Waals surface area contributed by atoms with Crippen LogP contribution in [0.25, 0.3) is 0 Å². The van der Waals surface area contributed by atoms with Gasteiger partial charge in [0.25, 0.3) is 0 Å². The fourth-order valence-corrected chi connectivity index (χ4v) is 2.26. The summed E-state index contributed by atoms with van der Waals surface area (Å²) in [6.07, 6.45) is 1.78. The minimum Gasteiger partial charge on any atom is -0.443 e. The van der Waals surface area contributed by atoms with Crippen LogP contribution >= 0.6 is 35.6 Å². The maximum Gasteiger partial charge on any atom is 0.213 e. The molecular weight excluding hydrogens is 451 g/mol. The molecule has 0 bridgehead atoms. The van der Waals surface area contributed by atoms with E-state index in [9.17, 15) is 0 Å². The molecule has 1 heterocycles. The van der Waals surface area contributed by atoms with E-state index in [1.54, 1.807) is 6.20 Å². The van der Waals surface area contributed by atoms with Gasteiger partial charge in [-0.25, -0.2) is 9.98 Å². The third-order valence-electron chi connectivity index (χ3n) is 3.35. The van der Waals surface area contributed by atoms with E-state index in [0.717, 1.165) is 22.9 Å². The molecule has 1 aromatic heterocycles. The molecule has 0 aliphatic rings. The predicted octanol–water partition coefficient (Wildman–Crippen LogP) is 4.50. The van der Waals surface area contributed by atoms with Gasteiger partial charge >= 0.3 is 0 Å². The molecule has 0 fully saturated rings. The highest BCUT2D eigenvalue weighted by Crippen LogP contribution is 2.22. The SMILES string of the molecule is CCNC(=NCc1cccc(Cl)c1)NCc1ncc(C(C)(C)C)o1.I. The van der Waals surface area contributed by atoms with Crippen LogP contribution in [0.2, 0.25) is 5.02 Å². The molecule has 25 heavy (non-hydrogen) atoms. The average Bonchev–Trinajstić information content (AvgIpc) is 2.99. The van der Waals surface area contributed by atoms with Crippen molar-refractivity contribution in [2.45, 2.75) is 46.2 Å². The largest absolute Gasteiger partial charge is 0.443 e. The topological polar surface area (TPSA) is 62.5 Å². The van der Waals surface area contributed by atoms with Crippen LogP contribution in [0.15, 0.2) is 39.9 Å². The number of benzene rings is 1. The van der Waals surface area contributed by atoms with Gasteiger partial charge in [-0.1, -0.05) is 44.5 Å². The molecule has 2 aromatic rings. The van der Waals surface area contributed by atoms with Gasteiger partial charge in [0, 0.05) is 17.0 Å². The maximum atomic E-state index is 6.00. The Hall–Kier alpha value is -1.28. The third-order valence-corrected chi connectivity index (χ3v) is 3.59. The van der Waals surface area contributed by atoms with Crippen molar-refractivity contribution in [2.24, 2.45) is 4.99 Å². The predicted molar refractivity (Wildman–Crippen MR) is 114 cm³/mol. The molecule has 2 N–H and O–H groups in total. The number of halogens is 2. The lowest BCUT2D eigenvalue weighted by atomic mass is 9.94. The number of oxazole rings is 1. The summed E-state index contributed by atoms with van der Waals surface area (Å²) in [5.41, 5.74) is 1.02. The molecule has 0 aliphatic heterocycles. The second-order valence-electron chi connectivity index (χ2n) is 6.55. The van der Waals surface area contributed by atoms with Crippen LogP contribution in [0.5, 0.6) is 0 Å². The Morgan fingerprint density at radius 3 is 2.64 bits per heavy atom. The number of nitrogens with zero attached hydrogens (tertiary/aromatic N) is 2. The molecule has 1 aromatic carbocycles. The van der Waals surface area contributed by atoms with E-state index >= 15 is 0 Å². The Labute approximate surface area is 171 Å². The second kappa shape index (κ2) is 10.0. The quantitative estimate of drug-likeness (QED) is 0.379. The lowest BCUT2D eigenvalue weighted by molar-refractivity contribution is 0.379. The minimum absolute atomic E-state index is 0. The highest BCUT2D eigenvalue weighted by molar-refractivity contribution is 14.0. The van der Waals surface area contributed by atoms with Gasteiger partial charge in [0.05, 0.1) is 19.3 Å². The number of aliphatic imine (C=N–C) groups is 1. The molecule has 7 heteroatoms. The first-order valence-electron chi connectivity index (χ1n) is 8.10. The number of nitrogens with one attached hydrogen (secondary N) is 2. The van der Waals surface area contributed by atoms with Gasteiger partial charge in [-0.15, -0.1) is 24.0 Å². The number of guanidine groups is 1. The Kier molecular flexibility index (Phi) is 8.71. The van der Waals surface area contributed by atoms with E-state index in [4.69, 9.17) is 16.0 Å². The van der Waals surface area contributed by atoms with Crippen LogP contribution < -0.4 is 10.6 Å². The third kappa shape index (κ3) is 7.23. The molecule has 0 amide bonds. The maximum absolute atomic E-state index is 6.00. The van der Waals surface area contributed by atoms with Gasteiger partial charge in [0.1, 0.15) is 5.76 Å². The van der Waals surface area contributed by atoms with E-state index in [1.165, 1.54) is 0 Å². The molecule has 0 unspecified atom stereocenters. The molecule has 0 spiro atoms.